The van der Waals surface area contributed by atoms with Crippen LogP contribution in [-0.2, 0) is 25.2 Å². The lowest BCUT2D eigenvalue weighted by atomic mass is 10.4. The molecule has 7 nitrogen and oxygen atoms in total. The number of methoxy groups -OCH3 is 1. The lowest BCUT2D eigenvalue weighted by Crippen LogP contribution is -2.42. The minimum Gasteiger partial charge on any atom is -0.335 e. The molecule has 13 heteroatoms. The van der Waals surface area contributed by atoms with Gasteiger partial charge in [-0.05, 0) is 0 Å². The van der Waals surface area contributed by atoms with Crippen molar-refractivity contribution in [3.05, 3.63) is 0 Å². The number of nitrogens with one attached hydrogen (secondary N) is 1. The maximum Gasteiger partial charge on any atom is 0.512 e. The molecular weight excluding hydrogens is 344 g/mol. The Kier molecular flexibility index (Phi) is 7.00. The summed E-state index contributed by atoms with van der Waals surface area (Å²) in [6.45, 7) is 3.49. The highest BCUT2D eigenvalue weighted by atomic mass is 32.3. The fraction of sp³-hybridized carbons (Fsp3) is 1.00. The summed E-state index contributed by atoms with van der Waals surface area (Å²) in [7, 11) is -8.05. The second-order valence-electron chi connectivity index (χ2n) is 4.66. The van der Waals surface area contributed by atoms with Crippen molar-refractivity contribution in [2.45, 2.75) is 18.3 Å². The molecule has 1 rings (SSSR count). The van der Waals surface area contributed by atoms with Crippen molar-refractivity contribution in [2.75, 3.05) is 34.0 Å². The average Bonchev–Trinajstić information content (AvgIpc) is 2.61. The van der Waals surface area contributed by atoms with Gasteiger partial charge in [-0.3, -0.25) is 0 Å². The summed E-state index contributed by atoms with van der Waals surface area (Å²) in [5, 5.41) is 0. The van der Waals surface area contributed by atoms with Gasteiger partial charge in [0.15, 0.2) is 6.73 Å². The SMILES string of the molecule is COC[N+]1(C)CCCC1.O=S(=O)(F)NS(=O)(=O)C(F)(F)F. The van der Waals surface area contributed by atoms with Crippen molar-refractivity contribution in [2.24, 2.45) is 0 Å². The molecule has 1 fully saturated rings. The molecule has 0 amide bonds. The molecule has 21 heavy (non-hydrogen) atoms. The third-order valence-corrected chi connectivity index (χ3v) is 4.88. The molecule has 0 aliphatic carbocycles. The van der Waals surface area contributed by atoms with E-state index >= 15 is 0 Å². The van der Waals surface area contributed by atoms with E-state index in [1.807, 2.05) is 0 Å². The predicted octanol–water partition coefficient (Wildman–Crippen LogP) is 0.471. The quantitative estimate of drug-likeness (QED) is 0.447. The molecule has 0 saturated carbocycles. The third-order valence-electron chi connectivity index (χ3n) is 2.60. The van der Waals surface area contributed by atoms with Gasteiger partial charge >= 0.3 is 25.9 Å². The van der Waals surface area contributed by atoms with Gasteiger partial charge < -0.3 is 9.22 Å². The molecular formula is C8H17F4N2O5S2+. The first-order valence-corrected chi connectivity index (χ1v) is 8.46. The highest BCUT2D eigenvalue weighted by molar-refractivity contribution is 8.03. The number of likely N-dealkylation sites (tertiary alicyclic amines) is 1. The van der Waals surface area contributed by atoms with Gasteiger partial charge in [0.25, 0.3) is 0 Å². The molecule has 0 bridgehead atoms. The van der Waals surface area contributed by atoms with E-state index in [1.165, 1.54) is 25.9 Å². The van der Waals surface area contributed by atoms with Crippen LogP contribution in [0.25, 0.3) is 0 Å². The van der Waals surface area contributed by atoms with Crippen LogP contribution >= 0.6 is 0 Å². The van der Waals surface area contributed by atoms with Crippen LogP contribution in [-0.4, -0.2) is 60.8 Å². The Labute approximate surface area is 120 Å². The molecule has 0 radical (unpaired) electrons. The first kappa shape index (κ1) is 20.5. The summed E-state index contributed by atoms with van der Waals surface area (Å²) in [6.07, 6.45) is 2.75. The standard InChI is InChI=1S/C7H16NO.CHF4NO4S2/c1-8(7-9-2)5-3-4-6-8;2-1(3,4)11(7,8)6-12(5,9)10/h3-7H2,1-2H3;6H/q+1;. The maximum absolute atomic E-state index is 11.4. The second-order valence-corrected chi connectivity index (χ2v) is 7.67. The van der Waals surface area contributed by atoms with Crippen LogP contribution in [0.3, 0.4) is 0 Å². The smallest absolute Gasteiger partial charge is 0.335 e. The minimum atomic E-state index is -6.17. The summed E-state index contributed by atoms with van der Waals surface area (Å²) in [6, 6.07) is 0. The normalized spacial score (nSPS) is 19.0. The summed E-state index contributed by atoms with van der Waals surface area (Å²) in [5.41, 5.74) is -5.86. The Morgan fingerprint density at radius 3 is 1.81 bits per heavy atom. The maximum atomic E-state index is 11.4. The Hall–Kier alpha value is -0.500. The van der Waals surface area contributed by atoms with Gasteiger partial charge in [-0.25, -0.2) is 8.42 Å². The first-order valence-electron chi connectivity index (χ1n) is 5.59. The molecule has 0 aromatic rings. The molecule has 0 spiro atoms. The van der Waals surface area contributed by atoms with Crippen molar-refractivity contribution in [1.82, 2.24) is 4.13 Å². The molecule has 128 valence electrons. The highest BCUT2D eigenvalue weighted by Gasteiger charge is 2.48. The van der Waals surface area contributed by atoms with E-state index in [0.717, 1.165) is 11.2 Å². The van der Waals surface area contributed by atoms with Crippen molar-refractivity contribution in [1.29, 1.82) is 0 Å². The predicted molar refractivity (Wildman–Crippen MR) is 65.2 cm³/mol. The van der Waals surface area contributed by atoms with Gasteiger partial charge in [0.05, 0.1) is 20.1 Å². The number of hydrogen-bond donors (Lipinski definition) is 1. The van der Waals surface area contributed by atoms with Crippen LogP contribution in [0.15, 0.2) is 0 Å². The molecule has 1 aliphatic heterocycles. The Morgan fingerprint density at radius 2 is 1.57 bits per heavy atom. The van der Waals surface area contributed by atoms with Crippen LogP contribution in [0, 0.1) is 0 Å². The monoisotopic (exact) mass is 361 g/mol. The zero-order chi connectivity index (χ0) is 16.9. The first-order chi connectivity index (χ1) is 9.22. The number of ether oxygens (including phenoxy) is 1. The van der Waals surface area contributed by atoms with E-state index in [4.69, 9.17) is 4.74 Å². The van der Waals surface area contributed by atoms with E-state index in [9.17, 15) is 33.9 Å². The molecule has 0 atom stereocenters. The summed E-state index contributed by atoms with van der Waals surface area (Å²) >= 11 is 0. The largest absolute Gasteiger partial charge is 0.512 e. The number of halogens is 4. The fourth-order valence-corrected chi connectivity index (χ4v) is 3.14. The van der Waals surface area contributed by atoms with E-state index in [1.54, 1.807) is 7.11 Å². The van der Waals surface area contributed by atoms with E-state index < -0.39 is 25.9 Å². The summed E-state index contributed by atoms with van der Waals surface area (Å²) in [4.78, 5) is 0. The van der Waals surface area contributed by atoms with Crippen molar-refractivity contribution in [3.8, 4) is 0 Å². The molecule has 1 saturated heterocycles. The van der Waals surface area contributed by atoms with Crippen LogP contribution in [0.5, 0.6) is 0 Å². The minimum absolute atomic E-state index is 0.212. The summed E-state index contributed by atoms with van der Waals surface area (Å²) in [5.74, 6) is 0. The molecule has 1 heterocycles. The van der Waals surface area contributed by atoms with Crippen molar-refractivity contribution in [3.63, 3.8) is 0 Å². The lowest BCUT2D eigenvalue weighted by Gasteiger charge is -2.27. The van der Waals surface area contributed by atoms with Crippen LogP contribution in [0.4, 0.5) is 17.1 Å². The Morgan fingerprint density at radius 1 is 1.14 bits per heavy atom. The van der Waals surface area contributed by atoms with Gasteiger partial charge in [0, 0.05) is 20.0 Å². The molecule has 1 N–H and O–H groups in total. The topological polar surface area (TPSA) is 89.5 Å². The van der Waals surface area contributed by atoms with Gasteiger partial charge in [0.2, 0.25) is 0 Å². The second kappa shape index (κ2) is 7.17. The number of quaternary nitrogens is 1. The third kappa shape index (κ3) is 7.90. The number of rotatable bonds is 4. The van der Waals surface area contributed by atoms with E-state index in [-0.39, 0.29) is 4.13 Å². The fourth-order valence-electron chi connectivity index (χ4n) is 1.72. The van der Waals surface area contributed by atoms with Crippen LogP contribution < -0.4 is 4.13 Å². The lowest BCUT2D eigenvalue weighted by molar-refractivity contribution is -0.916. The van der Waals surface area contributed by atoms with Crippen LogP contribution in [0.1, 0.15) is 12.8 Å². The van der Waals surface area contributed by atoms with Gasteiger partial charge in [-0.1, -0.05) is 8.01 Å². The zero-order valence-corrected chi connectivity index (χ0v) is 13.0. The van der Waals surface area contributed by atoms with E-state index in [2.05, 4.69) is 7.05 Å². The number of sulfonamides is 1. The Balaban J connectivity index is 0.000000394. The van der Waals surface area contributed by atoms with Gasteiger partial charge in [-0.15, -0.1) is 0 Å². The zero-order valence-electron chi connectivity index (χ0n) is 11.4. The van der Waals surface area contributed by atoms with Gasteiger partial charge in [0.1, 0.15) is 0 Å². The van der Waals surface area contributed by atoms with Crippen molar-refractivity contribution >= 4 is 20.4 Å². The summed E-state index contributed by atoms with van der Waals surface area (Å²) < 4.78 is 89.8. The molecule has 0 aromatic heterocycles. The number of hydrogen-bond acceptors (Lipinski definition) is 5. The Bertz CT molecular complexity index is 525. The average molecular weight is 361 g/mol. The van der Waals surface area contributed by atoms with Gasteiger partial charge in [-0.2, -0.15) is 21.6 Å². The molecule has 0 aromatic carbocycles. The van der Waals surface area contributed by atoms with E-state index in [0.29, 0.717) is 0 Å². The molecule has 1 aliphatic rings. The van der Waals surface area contributed by atoms with Crippen LogP contribution in [0.2, 0.25) is 0 Å². The number of nitrogens with zero attached hydrogens (tertiary/aromatic N) is 1. The van der Waals surface area contributed by atoms with Crippen molar-refractivity contribution < 1.29 is 43.1 Å². The highest BCUT2D eigenvalue weighted by Crippen LogP contribution is 2.22. The molecule has 0 unspecified atom stereocenters. The number of alkyl halides is 3.